The van der Waals surface area contributed by atoms with Gasteiger partial charge in [0.2, 0.25) is 0 Å². The van der Waals surface area contributed by atoms with Crippen LogP contribution in [0.25, 0.3) is 10.9 Å². The monoisotopic (exact) mass is 225 g/mol. The van der Waals surface area contributed by atoms with Crippen LogP contribution >= 0.6 is 0 Å². The first-order valence-electron chi connectivity index (χ1n) is 4.76. The second-order valence-electron chi connectivity index (χ2n) is 3.26. The summed E-state index contributed by atoms with van der Waals surface area (Å²) in [5, 5.41) is 0.432. The van der Waals surface area contributed by atoms with Crippen molar-refractivity contribution in [1.29, 1.82) is 0 Å². The predicted octanol–water partition coefficient (Wildman–Crippen LogP) is 2.62. The Balaban J connectivity index is 2.48. The molecule has 0 radical (unpaired) electrons. The van der Waals surface area contributed by atoms with Gasteiger partial charge >= 0.3 is 5.97 Å². The van der Waals surface area contributed by atoms with Gasteiger partial charge in [0, 0.05) is 17.0 Å². The molecule has 1 N–H and O–H groups in total. The smallest absolute Gasteiger partial charge is 0.354 e. The third-order valence-corrected chi connectivity index (χ3v) is 2.16. The summed E-state index contributed by atoms with van der Waals surface area (Å²) in [6.45, 7) is 1.93. The number of carbonyl (C=O) groups excluding carboxylic acids is 1. The molecule has 0 saturated heterocycles. The summed E-state index contributed by atoms with van der Waals surface area (Å²) in [7, 11) is 0. The Labute approximate surface area is 90.0 Å². The maximum absolute atomic E-state index is 12.9. The van der Waals surface area contributed by atoms with Gasteiger partial charge in [-0.3, -0.25) is 0 Å². The molecule has 0 saturated carbocycles. The normalized spacial score (nSPS) is 10.7. The first kappa shape index (κ1) is 10.6. The molecule has 0 atom stereocenters. The standard InChI is InChI=1S/C11H9F2NO2/c1-2-16-11(15)10-4-6-3-7(12)8(13)5-9(6)14-10/h3-5,14H,2H2,1H3. The van der Waals surface area contributed by atoms with Gasteiger partial charge in [0.15, 0.2) is 11.6 Å². The highest BCUT2D eigenvalue weighted by Crippen LogP contribution is 2.19. The number of carbonyl (C=O) groups is 1. The SMILES string of the molecule is CCOC(=O)c1cc2cc(F)c(F)cc2[nH]1. The lowest BCUT2D eigenvalue weighted by Crippen LogP contribution is -2.04. The third-order valence-electron chi connectivity index (χ3n) is 2.16. The van der Waals surface area contributed by atoms with Crippen LogP contribution < -0.4 is 0 Å². The van der Waals surface area contributed by atoms with Crippen LogP contribution in [-0.2, 0) is 4.74 Å². The molecule has 0 aliphatic heterocycles. The van der Waals surface area contributed by atoms with E-state index in [4.69, 9.17) is 4.74 Å². The van der Waals surface area contributed by atoms with E-state index in [-0.39, 0.29) is 12.3 Å². The highest BCUT2D eigenvalue weighted by Gasteiger charge is 2.12. The summed E-state index contributed by atoms with van der Waals surface area (Å²) < 4.78 is 30.6. The van der Waals surface area contributed by atoms with Gasteiger partial charge in [0.25, 0.3) is 0 Å². The lowest BCUT2D eigenvalue weighted by Gasteiger charge is -1.96. The zero-order chi connectivity index (χ0) is 11.7. The number of hydrogen-bond donors (Lipinski definition) is 1. The number of esters is 1. The van der Waals surface area contributed by atoms with Crippen LogP contribution in [0.15, 0.2) is 18.2 Å². The van der Waals surface area contributed by atoms with E-state index in [2.05, 4.69) is 4.98 Å². The van der Waals surface area contributed by atoms with Crippen molar-refractivity contribution in [3.63, 3.8) is 0 Å². The number of aromatic nitrogens is 1. The maximum atomic E-state index is 12.9. The third kappa shape index (κ3) is 1.76. The summed E-state index contributed by atoms with van der Waals surface area (Å²) in [6, 6.07) is 3.47. The molecule has 84 valence electrons. The number of fused-ring (bicyclic) bond motifs is 1. The van der Waals surface area contributed by atoms with Gasteiger partial charge in [0.05, 0.1) is 6.61 Å². The van der Waals surface area contributed by atoms with Gasteiger partial charge in [-0.2, -0.15) is 0 Å². The van der Waals surface area contributed by atoms with Gasteiger partial charge in [0.1, 0.15) is 5.69 Å². The Kier molecular flexibility index (Phi) is 2.60. The van der Waals surface area contributed by atoms with Crippen LogP contribution in [0.4, 0.5) is 8.78 Å². The fraction of sp³-hybridized carbons (Fsp3) is 0.182. The van der Waals surface area contributed by atoms with Crippen molar-refractivity contribution in [2.45, 2.75) is 6.92 Å². The summed E-state index contributed by atoms with van der Waals surface area (Å²) in [5.74, 6) is -2.44. The Bertz CT molecular complexity index is 509. The first-order chi connectivity index (χ1) is 7.61. The van der Waals surface area contributed by atoms with Crippen molar-refractivity contribution in [3.05, 3.63) is 35.5 Å². The molecule has 0 bridgehead atoms. The highest BCUT2D eigenvalue weighted by molar-refractivity contribution is 5.94. The quantitative estimate of drug-likeness (QED) is 0.798. The molecule has 0 spiro atoms. The van der Waals surface area contributed by atoms with Gasteiger partial charge in [-0.15, -0.1) is 0 Å². The van der Waals surface area contributed by atoms with Crippen molar-refractivity contribution >= 4 is 16.9 Å². The van der Waals surface area contributed by atoms with Crippen LogP contribution in [-0.4, -0.2) is 17.6 Å². The molecule has 0 aliphatic rings. The zero-order valence-electron chi connectivity index (χ0n) is 8.51. The van der Waals surface area contributed by atoms with E-state index in [9.17, 15) is 13.6 Å². The molecule has 1 heterocycles. The summed E-state index contributed by atoms with van der Waals surface area (Å²) in [5.41, 5.74) is 0.545. The van der Waals surface area contributed by atoms with Crippen molar-refractivity contribution in [2.75, 3.05) is 6.61 Å². The first-order valence-corrected chi connectivity index (χ1v) is 4.76. The molecule has 5 heteroatoms. The van der Waals surface area contributed by atoms with E-state index in [0.717, 1.165) is 12.1 Å². The molecule has 1 aromatic heterocycles. The molecule has 3 nitrogen and oxygen atoms in total. The number of hydrogen-bond acceptors (Lipinski definition) is 2. The minimum Gasteiger partial charge on any atom is -0.461 e. The topological polar surface area (TPSA) is 42.1 Å². The second kappa shape index (κ2) is 3.92. The Hall–Kier alpha value is -1.91. The molecule has 0 fully saturated rings. The van der Waals surface area contributed by atoms with E-state index in [1.165, 1.54) is 6.07 Å². The largest absolute Gasteiger partial charge is 0.461 e. The summed E-state index contributed by atoms with van der Waals surface area (Å²) >= 11 is 0. The molecule has 0 aliphatic carbocycles. The fourth-order valence-electron chi connectivity index (χ4n) is 1.45. The predicted molar refractivity (Wildman–Crippen MR) is 54.2 cm³/mol. The molecule has 0 unspecified atom stereocenters. The molecule has 2 aromatic rings. The van der Waals surface area contributed by atoms with Crippen molar-refractivity contribution in [1.82, 2.24) is 4.98 Å². The molecular weight excluding hydrogens is 216 g/mol. The van der Waals surface area contributed by atoms with Crippen LogP contribution in [0.1, 0.15) is 17.4 Å². The summed E-state index contributed by atoms with van der Waals surface area (Å²) in [6.07, 6.45) is 0. The number of H-pyrrole nitrogens is 1. The van der Waals surface area contributed by atoms with Crippen molar-refractivity contribution in [3.8, 4) is 0 Å². The van der Waals surface area contributed by atoms with Crippen LogP contribution in [0.3, 0.4) is 0 Å². The lowest BCUT2D eigenvalue weighted by atomic mass is 10.2. The summed E-state index contributed by atoms with van der Waals surface area (Å²) in [4.78, 5) is 14.0. The minimum atomic E-state index is -0.954. The number of rotatable bonds is 2. The lowest BCUT2D eigenvalue weighted by molar-refractivity contribution is 0.0520. The number of ether oxygens (including phenoxy) is 1. The zero-order valence-corrected chi connectivity index (χ0v) is 8.51. The highest BCUT2D eigenvalue weighted by atomic mass is 19.2. The number of benzene rings is 1. The van der Waals surface area contributed by atoms with E-state index in [1.807, 2.05) is 0 Å². The molecule has 1 aromatic carbocycles. The van der Waals surface area contributed by atoms with Gasteiger partial charge in [-0.1, -0.05) is 0 Å². The number of nitrogens with one attached hydrogen (secondary N) is 1. The van der Waals surface area contributed by atoms with E-state index < -0.39 is 17.6 Å². The number of aromatic amines is 1. The average molecular weight is 225 g/mol. The number of halogens is 2. The molecule has 16 heavy (non-hydrogen) atoms. The Morgan fingerprint density at radius 2 is 2.00 bits per heavy atom. The Morgan fingerprint density at radius 1 is 1.31 bits per heavy atom. The Morgan fingerprint density at radius 3 is 2.69 bits per heavy atom. The average Bonchev–Trinajstić information content (AvgIpc) is 2.62. The maximum Gasteiger partial charge on any atom is 0.354 e. The van der Waals surface area contributed by atoms with E-state index in [0.29, 0.717) is 10.9 Å². The molecular formula is C11H9F2NO2. The van der Waals surface area contributed by atoms with Crippen LogP contribution in [0.2, 0.25) is 0 Å². The van der Waals surface area contributed by atoms with Crippen molar-refractivity contribution in [2.24, 2.45) is 0 Å². The van der Waals surface area contributed by atoms with Crippen LogP contribution in [0, 0.1) is 11.6 Å². The van der Waals surface area contributed by atoms with Crippen molar-refractivity contribution < 1.29 is 18.3 Å². The second-order valence-corrected chi connectivity index (χ2v) is 3.26. The van der Waals surface area contributed by atoms with E-state index in [1.54, 1.807) is 6.92 Å². The van der Waals surface area contributed by atoms with Crippen LogP contribution in [0.5, 0.6) is 0 Å². The van der Waals surface area contributed by atoms with Gasteiger partial charge < -0.3 is 9.72 Å². The molecule has 0 amide bonds. The van der Waals surface area contributed by atoms with Gasteiger partial charge in [-0.05, 0) is 19.1 Å². The minimum absolute atomic E-state index is 0.182. The van der Waals surface area contributed by atoms with Gasteiger partial charge in [-0.25, -0.2) is 13.6 Å². The molecule has 2 rings (SSSR count). The van der Waals surface area contributed by atoms with E-state index >= 15 is 0 Å². The fourth-order valence-corrected chi connectivity index (χ4v) is 1.45.